The van der Waals surface area contributed by atoms with E-state index in [0.29, 0.717) is 10.9 Å². The minimum atomic E-state index is -4.60. The fraction of sp³-hybridized carbons (Fsp3) is 0.200. The molecule has 0 N–H and O–H groups in total. The monoisotopic (exact) mass is 373 g/mol. The molecule has 0 amide bonds. The summed E-state index contributed by atoms with van der Waals surface area (Å²) in [6.07, 6.45) is -4.92. The molecule has 0 bridgehead atoms. The smallest absolute Gasteiger partial charge is 0.416 e. The number of hydrogen-bond donors (Lipinski definition) is 0. The lowest BCUT2D eigenvalue weighted by atomic mass is 9.83. The Morgan fingerprint density at radius 3 is 2.44 bits per heavy atom. The first-order valence-electron chi connectivity index (χ1n) is 8.27. The number of esters is 1. The van der Waals surface area contributed by atoms with Gasteiger partial charge in [-0.3, -0.25) is 9.59 Å². The first-order chi connectivity index (χ1) is 12.8. The molecular weight excluding hydrogens is 359 g/mol. The number of hydrogen-bond acceptors (Lipinski definition) is 3. The van der Waals surface area contributed by atoms with Crippen LogP contribution in [0.1, 0.15) is 29.0 Å². The maximum absolute atomic E-state index is 13.5. The number of pyridine rings is 1. The van der Waals surface area contributed by atoms with Crippen LogP contribution in [0.15, 0.2) is 53.3 Å². The second kappa shape index (κ2) is 5.97. The fourth-order valence-electron chi connectivity index (χ4n) is 3.66. The van der Waals surface area contributed by atoms with Gasteiger partial charge in [-0.1, -0.05) is 30.3 Å². The van der Waals surface area contributed by atoms with E-state index in [2.05, 4.69) is 0 Å². The quantitative estimate of drug-likeness (QED) is 0.606. The Labute approximate surface area is 151 Å². The first kappa shape index (κ1) is 17.3. The van der Waals surface area contributed by atoms with E-state index in [0.717, 1.165) is 6.07 Å². The standard InChI is InChI=1S/C20H14F3NO3/c1-24-15-9-5-3-7-12(15)18-17(19(24)26)13(10-16(25)27-18)11-6-2-4-8-14(11)20(21,22)23/h2-9,13H,10H2,1H3. The number of halogens is 3. The van der Waals surface area contributed by atoms with Crippen molar-refractivity contribution in [3.63, 3.8) is 0 Å². The molecule has 138 valence electrons. The minimum absolute atomic E-state index is 0.0481. The molecule has 27 heavy (non-hydrogen) atoms. The van der Waals surface area contributed by atoms with Gasteiger partial charge in [0.25, 0.3) is 5.56 Å². The molecule has 0 radical (unpaired) electrons. The van der Waals surface area contributed by atoms with Gasteiger partial charge in [-0.25, -0.2) is 0 Å². The van der Waals surface area contributed by atoms with Gasteiger partial charge in [0.15, 0.2) is 0 Å². The Bertz CT molecular complexity index is 1130. The van der Waals surface area contributed by atoms with Gasteiger partial charge in [0.2, 0.25) is 0 Å². The summed E-state index contributed by atoms with van der Waals surface area (Å²) in [6, 6.07) is 11.8. The van der Waals surface area contributed by atoms with Crippen LogP contribution < -0.4 is 10.3 Å². The van der Waals surface area contributed by atoms with Crippen molar-refractivity contribution in [2.75, 3.05) is 0 Å². The molecule has 0 fully saturated rings. The van der Waals surface area contributed by atoms with E-state index in [9.17, 15) is 22.8 Å². The van der Waals surface area contributed by atoms with Gasteiger partial charge in [-0.2, -0.15) is 13.2 Å². The Hall–Kier alpha value is -3.09. The van der Waals surface area contributed by atoms with Crippen LogP contribution in [0.4, 0.5) is 13.2 Å². The number of aromatic nitrogens is 1. The molecule has 1 atom stereocenters. The molecule has 1 unspecified atom stereocenters. The molecule has 0 saturated carbocycles. The summed E-state index contributed by atoms with van der Waals surface area (Å²) in [5.74, 6) is -1.64. The van der Waals surface area contributed by atoms with Crippen LogP contribution in [0.2, 0.25) is 0 Å². The summed E-state index contributed by atoms with van der Waals surface area (Å²) in [7, 11) is 1.55. The van der Waals surface area contributed by atoms with Crippen LogP contribution in [-0.2, 0) is 18.0 Å². The number of rotatable bonds is 1. The Balaban J connectivity index is 2.07. The maximum atomic E-state index is 13.5. The number of nitrogens with zero attached hydrogens (tertiary/aromatic N) is 1. The third-order valence-electron chi connectivity index (χ3n) is 4.87. The van der Waals surface area contributed by atoms with Gasteiger partial charge in [0, 0.05) is 18.4 Å². The summed E-state index contributed by atoms with van der Waals surface area (Å²) in [4.78, 5) is 25.2. The average Bonchev–Trinajstić information content (AvgIpc) is 2.64. The molecule has 0 saturated heterocycles. The zero-order valence-corrected chi connectivity index (χ0v) is 14.2. The molecule has 2 heterocycles. The van der Waals surface area contributed by atoms with E-state index in [4.69, 9.17) is 4.74 Å². The fourth-order valence-corrected chi connectivity index (χ4v) is 3.66. The van der Waals surface area contributed by atoms with Gasteiger partial charge >= 0.3 is 12.1 Å². The van der Waals surface area contributed by atoms with Crippen molar-refractivity contribution in [2.24, 2.45) is 7.05 Å². The zero-order chi connectivity index (χ0) is 19.3. The SMILES string of the molecule is Cn1c(=O)c2c(c3ccccc31)OC(=O)CC2c1ccccc1C(F)(F)F. The van der Waals surface area contributed by atoms with Gasteiger partial charge in [-0.05, 0) is 23.8 Å². The van der Waals surface area contributed by atoms with Crippen molar-refractivity contribution in [1.29, 1.82) is 0 Å². The largest absolute Gasteiger partial charge is 0.425 e. The van der Waals surface area contributed by atoms with Crippen LogP contribution in [0, 0.1) is 0 Å². The van der Waals surface area contributed by atoms with Gasteiger partial charge in [0.05, 0.1) is 23.1 Å². The third-order valence-corrected chi connectivity index (χ3v) is 4.87. The van der Waals surface area contributed by atoms with Crippen LogP contribution in [0.25, 0.3) is 10.9 Å². The summed E-state index contributed by atoms with van der Waals surface area (Å²) < 4.78 is 47.2. The van der Waals surface area contributed by atoms with Crippen molar-refractivity contribution in [3.8, 4) is 5.75 Å². The van der Waals surface area contributed by atoms with E-state index in [-0.39, 0.29) is 23.3 Å². The Morgan fingerprint density at radius 2 is 1.70 bits per heavy atom. The highest BCUT2D eigenvalue weighted by atomic mass is 19.4. The van der Waals surface area contributed by atoms with Crippen LogP contribution in [0.5, 0.6) is 5.75 Å². The molecule has 4 rings (SSSR count). The maximum Gasteiger partial charge on any atom is 0.416 e. The van der Waals surface area contributed by atoms with E-state index >= 15 is 0 Å². The highest BCUT2D eigenvalue weighted by Gasteiger charge is 2.40. The number of fused-ring (bicyclic) bond motifs is 3. The minimum Gasteiger partial charge on any atom is -0.425 e. The van der Waals surface area contributed by atoms with Crippen molar-refractivity contribution < 1.29 is 22.7 Å². The lowest BCUT2D eigenvalue weighted by Gasteiger charge is -2.28. The normalized spacial score (nSPS) is 16.9. The first-order valence-corrected chi connectivity index (χ1v) is 8.27. The van der Waals surface area contributed by atoms with Gasteiger partial charge < -0.3 is 9.30 Å². The van der Waals surface area contributed by atoms with E-state index < -0.39 is 29.2 Å². The molecule has 0 aliphatic carbocycles. The Kier molecular flexibility index (Phi) is 3.83. The predicted octanol–water partition coefficient (Wildman–Crippen LogP) is 4.00. The van der Waals surface area contributed by atoms with Crippen molar-refractivity contribution in [3.05, 3.63) is 75.6 Å². The molecule has 3 aromatic rings. The molecule has 1 aromatic heterocycles. The second-order valence-electron chi connectivity index (χ2n) is 6.44. The van der Waals surface area contributed by atoms with Crippen molar-refractivity contribution in [1.82, 2.24) is 4.57 Å². The Morgan fingerprint density at radius 1 is 1.04 bits per heavy atom. The number of benzene rings is 2. The van der Waals surface area contributed by atoms with Gasteiger partial charge in [-0.15, -0.1) is 0 Å². The average molecular weight is 373 g/mol. The van der Waals surface area contributed by atoms with Crippen LogP contribution in [0.3, 0.4) is 0 Å². The molecule has 7 heteroatoms. The highest BCUT2D eigenvalue weighted by molar-refractivity contribution is 5.91. The predicted molar refractivity (Wildman–Crippen MR) is 92.7 cm³/mol. The number of ether oxygens (including phenoxy) is 1. The molecule has 2 aromatic carbocycles. The van der Waals surface area contributed by atoms with E-state index in [1.165, 1.54) is 22.8 Å². The number of para-hydroxylation sites is 1. The molecule has 4 nitrogen and oxygen atoms in total. The van der Waals surface area contributed by atoms with Gasteiger partial charge in [0.1, 0.15) is 5.75 Å². The molecule has 1 aliphatic rings. The van der Waals surface area contributed by atoms with Crippen molar-refractivity contribution >= 4 is 16.9 Å². The lowest BCUT2D eigenvalue weighted by Crippen LogP contribution is -2.32. The van der Waals surface area contributed by atoms with Crippen LogP contribution >= 0.6 is 0 Å². The van der Waals surface area contributed by atoms with E-state index in [1.807, 2.05) is 0 Å². The number of aryl methyl sites for hydroxylation is 1. The summed E-state index contributed by atoms with van der Waals surface area (Å²) in [5, 5.41) is 0.511. The summed E-state index contributed by atoms with van der Waals surface area (Å²) in [6.45, 7) is 0. The summed E-state index contributed by atoms with van der Waals surface area (Å²) in [5.41, 5.74) is -0.814. The second-order valence-corrected chi connectivity index (χ2v) is 6.44. The third kappa shape index (κ3) is 2.70. The molecule has 0 spiro atoms. The number of carbonyl (C=O) groups excluding carboxylic acids is 1. The van der Waals surface area contributed by atoms with E-state index in [1.54, 1.807) is 31.3 Å². The van der Waals surface area contributed by atoms with Crippen LogP contribution in [-0.4, -0.2) is 10.5 Å². The molecular formula is C20H14F3NO3. The number of alkyl halides is 3. The summed E-state index contributed by atoms with van der Waals surface area (Å²) >= 11 is 0. The highest BCUT2D eigenvalue weighted by Crippen LogP contribution is 2.44. The zero-order valence-electron chi connectivity index (χ0n) is 14.2. The topological polar surface area (TPSA) is 48.3 Å². The number of carbonyl (C=O) groups is 1. The molecule has 1 aliphatic heterocycles. The van der Waals surface area contributed by atoms with Crippen molar-refractivity contribution in [2.45, 2.75) is 18.5 Å². The lowest BCUT2D eigenvalue weighted by molar-refractivity contribution is -0.140.